The van der Waals surface area contributed by atoms with Gasteiger partial charge in [0.2, 0.25) is 0 Å². The summed E-state index contributed by atoms with van der Waals surface area (Å²) in [6, 6.07) is 15.6. The summed E-state index contributed by atoms with van der Waals surface area (Å²) in [5.41, 5.74) is 6.73. The highest BCUT2D eigenvalue weighted by Gasteiger charge is 2.03. The van der Waals surface area contributed by atoms with Crippen LogP contribution in [0.1, 0.15) is 64.2 Å². The fourth-order valence-corrected chi connectivity index (χ4v) is 2.19. The van der Waals surface area contributed by atoms with Crippen LogP contribution in [0.3, 0.4) is 0 Å². The summed E-state index contributed by atoms with van der Waals surface area (Å²) in [4.78, 5) is 0. The molecule has 0 heterocycles. The molecule has 0 radical (unpaired) electrons. The van der Waals surface area contributed by atoms with Crippen LogP contribution in [0, 0.1) is 13.8 Å². The molecule has 2 rings (SSSR count). The van der Waals surface area contributed by atoms with Crippen LogP contribution in [0.4, 0.5) is 0 Å². The maximum atomic E-state index is 2.24. The van der Waals surface area contributed by atoms with Crippen molar-refractivity contribution in [1.82, 2.24) is 0 Å². The van der Waals surface area contributed by atoms with Crippen molar-refractivity contribution < 1.29 is 0 Å². The van der Waals surface area contributed by atoms with E-state index in [1.54, 1.807) is 0 Å². The van der Waals surface area contributed by atoms with E-state index in [1.807, 2.05) is 27.7 Å². The fourth-order valence-electron chi connectivity index (χ4n) is 2.19. The third-order valence-corrected chi connectivity index (χ3v) is 3.27. The van der Waals surface area contributed by atoms with Gasteiger partial charge in [0.25, 0.3) is 0 Å². The summed E-state index contributed by atoms with van der Waals surface area (Å²) >= 11 is 0. The second-order valence-electron chi connectivity index (χ2n) is 5.10. The molecule has 0 N–H and O–H groups in total. The highest BCUT2D eigenvalue weighted by Crippen LogP contribution is 2.26. The quantitative estimate of drug-likeness (QED) is 0.549. The molecule has 0 fully saturated rings. The maximum absolute atomic E-state index is 2.24. The van der Waals surface area contributed by atoms with E-state index in [4.69, 9.17) is 0 Å². The van der Waals surface area contributed by atoms with Crippen molar-refractivity contribution in [3.05, 3.63) is 59.2 Å². The molecule has 0 amide bonds. The highest BCUT2D eigenvalue weighted by molar-refractivity contribution is 5.67. The first-order chi connectivity index (χ1) is 10.1. The SMILES string of the molecule is CC.CC.Cc1ccc(-c2ccc(C(C)C)cc2)c(C)c1. The average Bonchev–Trinajstić information content (AvgIpc) is 2.51. The minimum atomic E-state index is 0.600. The molecule has 0 heteroatoms. The van der Waals surface area contributed by atoms with Crippen LogP contribution in [0.25, 0.3) is 11.1 Å². The molecule has 0 bridgehead atoms. The summed E-state index contributed by atoms with van der Waals surface area (Å²) in [6.45, 7) is 16.8. The second kappa shape index (κ2) is 10.2. The number of rotatable bonds is 2. The Balaban J connectivity index is 0.000000921. The molecular weight excluding hydrogens is 252 g/mol. The number of hydrogen-bond acceptors (Lipinski definition) is 0. The van der Waals surface area contributed by atoms with Gasteiger partial charge in [-0.25, -0.2) is 0 Å². The molecule has 0 saturated carbocycles. The lowest BCUT2D eigenvalue weighted by molar-refractivity contribution is 0.867. The lowest BCUT2D eigenvalue weighted by Gasteiger charge is -2.09. The zero-order chi connectivity index (χ0) is 16.4. The molecule has 0 aliphatic rings. The molecule has 2 aromatic rings. The van der Waals surface area contributed by atoms with Crippen molar-refractivity contribution in [3.8, 4) is 11.1 Å². The molecule has 0 aliphatic carbocycles. The Hall–Kier alpha value is -1.56. The number of hydrogen-bond donors (Lipinski definition) is 0. The van der Waals surface area contributed by atoms with Crippen LogP contribution < -0.4 is 0 Å². The lowest BCUT2D eigenvalue weighted by Crippen LogP contribution is -1.88. The van der Waals surface area contributed by atoms with E-state index >= 15 is 0 Å². The van der Waals surface area contributed by atoms with Crippen LogP contribution in [0.5, 0.6) is 0 Å². The normalized spacial score (nSPS) is 9.38. The smallest absolute Gasteiger partial charge is 0.0155 e. The molecule has 0 nitrogen and oxygen atoms in total. The van der Waals surface area contributed by atoms with E-state index in [1.165, 1.54) is 27.8 Å². The largest absolute Gasteiger partial charge is 0.0683 e. The first kappa shape index (κ1) is 19.4. The number of benzene rings is 2. The van der Waals surface area contributed by atoms with Crippen molar-refractivity contribution in [2.75, 3.05) is 0 Å². The van der Waals surface area contributed by atoms with Crippen molar-refractivity contribution in [1.29, 1.82) is 0 Å². The first-order valence-electron chi connectivity index (χ1n) is 8.25. The van der Waals surface area contributed by atoms with Crippen LogP contribution in [-0.4, -0.2) is 0 Å². The summed E-state index contributed by atoms with van der Waals surface area (Å²) in [5.74, 6) is 0.600. The van der Waals surface area contributed by atoms with Crippen LogP contribution in [0.2, 0.25) is 0 Å². The molecule has 21 heavy (non-hydrogen) atoms. The van der Waals surface area contributed by atoms with Crippen LogP contribution >= 0.6 is 0 Å². The third kappa shape index (κ3) is 5.75. The Bertz CT molecular complexity index is 504. The molecule has 0 aromatic heterocycles. The second-order valence-corrected chi connectivity index (χ2v) is 5.10. The zero-order valence-corrected chi connectivity index (χ0v) is 15.1. The zero-order valence-electron chi connectivity index (χ0n) is 15.1. The van der Waals surface area contributed by atoms with Gasteiger partial charge in [-0.3, -0.25) is 0 Å². The van der Waals surface area contributed by atoms with Gasteiger partial charge in [0.15, 0.2) is 0 Å². The van der Waals surface area contributed by atoms with E-state index < -0.39 is 0 Å². The topological polar surface area (TPSA) is 0 Å². The molecule has 0 unspecified atom stereocenters. The minimum Gasteiger partial charge on any atom is -0.0683 e. The van der Waals surface area contributed by atoms with E-state index in [0.29, 0.717) is 5.92 Å². The Morgan fingerprint density at radius 1 is 0.714 bits per heavy atom. The first-order valence-corrected chi connectivity index (χ1v) is 8.25. The van der Waals surface area contributed by atoms with Gasteiger partial charge in [-0.1, -0.05) is 89.6 Å². The van der Waals surface area contributed by atoms with E-state index in [2.05, 4.69) is 70.2 Å². The Morgan fingerprint density at radius 3 is 1.67 bits per heavy atom. The maximum Gasteiger partial charge on any atom is -0.0155 e. The van der Waals surface area contributed by atoms with Gasteiger partial charge in [-0.15, -0.1) is 0 Å². The van der Waals surface area contributed by atoms with Crippen molar-refractivity contribution in [2.45, 2.75) is 61.3 Å². The number of aryl methyl sites for hydroxylation is 2. The van der Waals surface area contributed by atoms with Crippen molar-refractivity contribution in [2.24, 2.45) is 0 Å². The summed E-state index contributed by atoms with van der Waals surface area (Å²) in [7, 11) is 0. The predicted octanol–water partition coefficient (Wildman–Crippen LogP) is 7.15. The Labute approximate surface area is 132 Å². The third-order valence-electron chi connectivity index (χ3n) is 3.27. The molecular formula is C21H32. The Morgan fingerprint density at radius 2 is 1.24 bits per heavy atom. The van der Waals surface area contributed by atoms with E-state index in [-0.39, 0.29) is 0 Å². The fraction of sp³-hybridized carbons (Fsp3) is 0.429. The van der Waals surface area contributed by atoms with Crippen LogP contribution in [-0.2, 0) is 0 Å². The molecule has 2 aromatic carbocycles. The highest BCUT2D eigenvalue weighted by atomic mass is 14.1. The van der Waals surface area contributed by atoms with Gasteiger partial charge in [0.05, 0.1) is 0 Å². The average molecular weight is 284 g/mol. The van der Waals surface area contributed by atoms with E-state index in [0.717, 1.165) is 0 Å². The molecule has 0 aliphatic heterocycles. The van der Waals surface area contributed by atoms with Gasteiger partial charge in [0, 0.05) is 0 Å². The van der Waals surface area contributed by atoms with Gasteiger partial charge >= 0.3 is 0 Å². The standard InChI is InChI=1S/C17H20.2C2H6/c1-12(2)15-6-8-16(9-7-15)17-10-5-13(3)11-14(17)4;2*1-2/h5-12H,1-4H3;2*1-2H3. The van der Waals surface area contributed by atoms with Gasteiger partial charge in [-0.2, -0.15) is 0 Å². The summed E-state index contributed by atoms with van der Waals surface area (Å²) < 4.78 is 0. The molecule has 116 valence electrons. The minimum absolute atomic E-state index is 0.600. The van der Waals surface area contributed by atoms with Gasteiger partial charge in [0.1, 0.15) is 0 Å². The van der Waals surface area contributed by atoms with Gasteiger partial charge in [-0.05, 0) is 42.0 Å². The molecule has 0 spiro atoms. The lowest BCUT2D eigenvalue weighted by atomic mass is 9.96. The van der Waals surface area contributed by atoms with E-state index in [9.17, 15) is 0 Å². The summed E-state index contributed by atoms with van der Waals surface area (Å²) in [5, 5.41) is 0. The van der Waals surface area contributed by atoms with Crippen LogP contribution in [0.15, 0.2) is 42.5 Å². The Kier molecular flexibility index (Phi) is 9.45. The summed E-state index contributed by atoms with van der Waals surface area (Å²) in [6.07, 6.45) is 0. The van der Waals surface area contributed by atoms with Crippen molar-refractivity contribution >= 4 is 0 Å². The molecule has 0 saturated heterocycles. The predicted molar refractivity (Wildman–Crippen MR) is 98.1 cm³/mol. The van der Waals surface area contributed by atoms with Gasteiger partial charge < -0.3 is 0 Å². The monoisotopic (exact) mass is 284 g/mol. The van der Waals surface area contributed by atoms with Crippen molar-refractivity contribution in [3.63, 3.8) is 0 Å². The molecule has 0 atom stereocenters.